The molecule has 0 radical (unpaired) electrons. The molecule has 0 aliphatic rings. The fourth-order valence-corrected chi connectivity index (χ4v) is 2.07. The summed E-state index contributed by atoms with van der Waals surface area (Å²) in [6.45, 7) is 0. The van der Waals surface area contributed by atoms with Gasteiger partial charge in [-0.3, -0.25) is 4.79 Å². The Morgan fingerprint density at radius 2 is 1.60 bits per heavy atom. The minimum Gasteiger partial charge on any atom is -0.440 e. The number of nitrogens with zero attached hydrogens (tertiary/aromatic N) is 1. The molecule has 3 aromatic rings. The Labute approximate surface area is 116 Å². The summed E-state index contributed by atoms with van der Waals surface area (Å²) >= 11 is 0. The molecule has 0 atom stereocenters. The molecule has 1 aromatic heterocycles. The van der Waals surface area contributed by atoms with Crippen LogP contribution in [-0.2, 0) is 6.42 Å². The van der Waals surface area contributed by atoms with Gasteiger partial charge in [-0.25, -0.2) is 4.98 Å². The molecular formula is C17H13NO2. The van der Waals surface area contributed by atoms with Crippen LogP contribution in [0.25, 0.3) is 11.5 Å². The van der Waals surface area contributed by atoms with Gasteiger partial charge in [-0.1, -0.05) is 48.5 Å². The fraction of sp³-hybridized carbons (Fsp3) is 0.0588. The number of hydrogen-bond donors (Lipinski definition) is 0. The van der Waals surface area contributed by atoms with Gasteiger partial charge in [0, 0.05) is 12.0 Å². The molecule has 2 aromatic carbocycles. The Hall–Kier alpha value is -2.68. The number of oxazole rings is 1. The van der Waals surface area contributed by atoms with Crippen LogP contribution in [-0.4, -0.2) is 11.3 Å². The van der Waals surface area contributed by atoms with Crippen LogP contribution in [0.3, 0.4) is 0 Å². The van der Waals surface area contributed by atoms with Gasteiger partial charge in [-0.15, -0.1) is 0 Å². The summed E-state index contributed by atoms with van der Waals surface area (Å²) in [5.74, 6) is 1.09. The van der Waals surface area contributed by atoms with Crippen molar-refractivity contribution >= 4 is 6.29 Å². The predicted molar refractivity (Wildman–Crippen MR) is 76.6 cm³/mol. The van der Waals surface area contributed by atoms with E-state index in [0.29, 0.717) is 23.8 Å². The molecule has 3 nitrogen and oxygen atoms in total. The highest BCUT2D eigenvalue weighted by molar-refractivity contribution is 5.75. The fourth-order valence-electron chi connectivity index (χ4n) is 2.07. The minimum absolute atomic E-state index is 0.368. The maximum absolute atomic E-state index is 11.1. The van der Waals surface area contributed by atoms with Gasteiger partial charge in [0.1, 0.15) is 11.5 Å². The maximum Gasteiger partial charge on any atom is 0.226 e. The molecule has 0 saturated carbocycles. The molecule has 1 heterocycles. The topological polar surface area (TPSA) is 43.1 Å². The van der Waals surface area contributed by atoms with Crippen molar-refractivity contribution in [1.29, 1.82) is 0 Å². The molecule has 0 unspecified atom stereocenters. The highest BCUT2D eigenvalue weighted by atomic mass is 16.4. The Morgan fingerprint density at radius 3 is 2.25 bits per heavy atom. The SMILES string of the molecule is O=Cc1nc(-c2ccccc2)oc1Cc1ccccc1. The number of rotatable bonds is 4. The van der Waals surface area contributed by atoms with Crippen molar-refractivity contribution in [3.63, 3.8) is 0 Å². The molecule has 0 N–H and O–H groups in total. The molecule has 0 bridgehead atoms. The molecular weight excluding hydrogens is 250 g/mol. The molecule has 20 heavy (non-hydrogen) atoms. The standard InChI is InChI=1S/C17H13NO2/c19-12-15-16(11-13-7-3-1-4-8-13)20-17(18-15)14-9-5-2-6-10-14/h1-10,12H,11H2. The lowest BCUT2D eigenvalue weighted by atomic mass is 10.1. The predicted octanol–water partition coefficient (Wildman–Crippen LogP) is 3.74. The van der Waals surface area contributed by atoms with E-state index < -0.39 is 0 Å². The van der Waals surface area contributed by atoms with Crippen molar-refractivity contribution in [1.82, 2.24) is 4.98 Å². The van der Waals surface area contributed by atoms with Crippen molar-refractivity contribution in [2.24, 2.45) is 0 Å². The highest BCUT2D eigenvalue weighted by Crippen LogP contribution is 2.23. The lowest BCUT2D eigenvalue weighted by molar-refractivity contribution is 0.111. The van der Waals surface area contributed by atoms with Crippen LogP contribution in [0, 0.1) is 0 Å². The molecule has 0 aliphatic carbocycles. The van der Waals surface area contributed by atoms with E-state index in [0.717, 1.165) is 17.4 Å². The molecule has 3 heteroatoms. The van der Waals surface area contributed by atoms with E-state index in [2.05, 4.69) is 4.98 Å². The average molecular weight is 263 g/mol. The number of aldehydes is 1. The van der Waals surface area contributed by atoms with E-state index >= 15 is 0 Å². The summed E-state index contributed by atoms with van der Waals surface area (Å²) in [6, 6.07) is 19.5. The average Bonchev–Trinajstić information content (AvgIpc) is 2.92. The molecule has 0 aliphatic heterocycles. The normalized spacial score (nSPS) is 10.4. The quantitative estimate of drug-likeness (QED) is 0.673. The van der Waals surface area contributed by atoms with E-state index in [4.69, 9.17) is 4.42 Å². The van der Waals surface area contributed by atoms with Crippen molar-refractivity contribution in [3.8, 4) is 11.5 Å². The van der Waals surface area contributed by atoms with E-state index in [9.17, 15) is 4.79 Å². The Bertz CT molecular complexity index is 702. The zero-order valence-corrected chi connectivity index (χ0v) is 10.8. The summed E-state index contributed by atoms with van der Waals surface area (Å²) in [6.07, 6.45) is 1.31. The monoisotopic (exact) mass is 263 g/mol. The van der Waals surface area contributed by atoms with Gasteiger partial charge in [0.25, 0.3) is 0 Å². The first-order valence-corrected chi connectivity index (χ1v) is 6.41. The summed E-state index contributed by atoms with van der Waals surface area (Å²) in [5.41, 5.74) is 2.33. The second-order valence-corrected chi connectivity index (χ2v) is 4.47. The van der Waals surface area contributed by atoms with Crippen LogP contribution in [0.4, 0.5) is 0 Å². The van der Waals surface area contributed by atoms with Crippen molar-refractivity contribution in [2.45, 2.75) is 6.42 Å². The largest absolute Gasteiger partial charge is 0.440 e. The van der Waals surface area contributed by atoms with Crippen LogP contribution in [0.2, 0.25) is 0 Å². The van der Waals surface area contributed by atoms with Crippen molar-refractivity contribution in [2.75, 3.05) is 0 Å². The Balaban J connectivity index is 1.95. The van der Waals surface area contributed by atoms with Gasteiger partial charge in [-0.2, -0.15) is 0 Å². The van der Waals surface area contributed by atoms with Gasteiger partial charge in [0.15, 0.2) is 6.29 Å². The third-order valence-electron chi connectivity index (χ3n) is 3.07. The van der Waals surface area contributed by atoms with Gasteiger partial charge < -0.3 is 4.42 Å². The first-order chi connectivity index (χ1) is 9.86. The number of aromatic nitrogens is 1. The molecule has 0 saturated heterocycles. The molecule has 98 valence electrons. The van der Waals surface area contributed by atoms with E-state index in [1.165, 1.54) is 0 Å². The lowest BCUT2D eigenvalue weighted by Gasteiger charge is -1.98. The maximum atomic E-state index is 11.1. The van der Waals surface area contributed by atoms with Crippen LogP contribution < -0.4 is 0 Å². The van der Waals surface area contributed by atoms with Crippen LogP contribution in [0.5, 0.6) is 0 Å². The van der Waals surface area contributed by atoms with E-state index in [-0.39, 0.29) is 0 Å². The number of carbonyl (C=O) groups is 1. The zero-order chi connectivity index (χ0) is 13.8. The molecule has 0 amide bonds. The molecule has 3 rings (SSSR count). The van der Waals surface area contributed by atoms with Gasteiger partial charge >= 0.3 is 0 Å². The van der Waals surface area contributed by atoms with Gasteiger partial charge in [0.05, 0.1) is 0 Å². The van der Waals surface area contributed by atoms with Crippen LogP contribution in [0.1, 0.15) is 21.8 Å². The minimum atomic E-state index is 0.368. The van der Waals surface area contributed by atoms with Crippen LogP contribution in [0.15, 0.2) is 65.1 Å². The third-order valence-corrected chi connectivity index (χ3v) is 3.07. The first-order valence-electron chi connectivity index (χ1n) is 6.41. The van der Waals surface area contributed by atoms with Crippen molar-refractivity contribution < 1.29 is 9.21 Å². The Morgan fingerprint density at radius 1 is 0.950 bits per heavy atom. The number of benzene rings is 2. The van der Waals surface area contributed by atoms with Gasteiger partial charge in [0.2, 0.25) is 5.89 Å². The second kappa shape index (κ2) is 5.53. The third kappa shape index (κ3) is 2.52. The van der Waals surface area contributed by atoms with Gasteiger partial charge in [-0.05, 0) is 17.7 Å². The van der Waals surface area contributed by atoms with E-state index in [1.54, 1.807) is 0 Å². The summed E-state index contributed by atoms with van der Waals surface area (Å²) in [5, 5.41) is 0. The summed E-state index contributed by atoms with van der Waals surface area (Å²) in [7, 11) is 0. The Kier molecular flexibility index (Phi) is 3.42. The second-order valence-electron chi connectivity index (χ2n) is 4.47. The summed E-state index contributed by atoms with van der Waals surface area (Å²) < 4.78 is 5.75. The highest BCUT2D eigenvalue weighted by Gasteiger charge is 2.14. The number of carbonyl (C=O) groups excluding carboxylic acids is 1. The van der Waals surface area contributed by atoms with Crippen molar-refractivity contribution in [3.05, 3.63) is 77.7 Å². The molecule has 0 fully saturated rings. The smallest absolute Gasteiger partial charge is 0.226 e. The zero-order valence-electron chi connectivity index (χ0n) is 10.8. The van der Waals surface area contributed by atoms with E-state index in [1.807, 2.05) is 60.7 Å². The molecule has 0 spiro atoms. The summed E-state index contributed by atoms with van der Waals surface area (Å²) in [4.78, 5) is 15.4. The van der Waals surface area contributed by atoms with Crippen LogP contribution >= 0.6 is 0 Å². The first kappa shape index (κ1) is 12.4. The lowest BCUT2D eigenvalue weighted by Crippen LogP contribution is -1.91. The number of hydrogen-bond acceptors (Lipinski definition) is 3.